The highest BCUT2D eigenvalue weighted by Gasteiger charge is 2.23. The molecule has 4 heteroatoms. The van der Waals surface area contributed by atoms with Crippen molar-refractivity contribution in [3.8, 4) is 0 Å². The van der Waals surface area contributed by atoms with Crippen LogP contribution in [-0.2, 0) is 9.47 Å². The Morgan fingerprint density at radius 2 is 1.93 bits per heavy atom. The van der Waals surface area contributed by atoms with Crippen LogP contribution in [0.4, 0.5) is 0 Å². The summed E-state index contributed by atoms with van der Waals surface area (Å²) in [7, 11) is 6.45. The third kappa shape index (κ3) is 14.4. The number of allylic oxidation sites excluding steroid dienone is 1. The van der Waals surface area contributed by atoms with E-state index in [-0.39, 0.29) is 18.7 Å². The van der Waals surface area contributed by atoms with Crippen LogP contribution in [0.5, 0.6) is 0 Å². The molecule has 0 N–H and O–H groups in total. The zero-order chi connectivity index (χ0) is 10.3. The summed E-state index contributed by atoms with van der Waals surface area (Å²) in [5, 5.41) is 0. The molecule has 1 aliphatic heterocycles. The zero-order valence-electron chi connectivity index (χ0n) is 9.62. The van der Waals surface area contributed by atoms with Crippen LogP contribution in [0.1, 0.15) is 6.92 Å². The van der Waals surface area contributed by atoms with E-state index in [1.807, 2.05) is 6.92 Å². The minimum absolute atomic E-state index is 0. The molecule has 1 rings (SSSR count). The third-order valence-corrected chi connectivity index (χ3v) is 1.37. The lowest BCUT2D eigenvalue weighted by Gasteiger charge is -2.23. The van der Waals surface area contributed by atoms with Crippen molar-refractivity contribution in [1.82, 2.24) is 0 Å². The van der Waals surface area contributed by atoms with Crippen LogP contribution in [-0.4, -0.2) is 51.7 Å². The molecular weight excluding hydrogens is 202 g/mol. The van der Waals surface area contributed by atoms with Crippen molar-refractivity contribution in [2.45, 2.75) is 13.2 Å². The zero-order valence-corrected chi connectivity index (χ0v) is 10.4. The highest BCUT2D eigenvalue weighted by atomic mass is 35.5. The van der Waals surface area contributed by atoms with Crippen LogP contribution in [0, 0.1) is 0 Å². The largest absolute Gasteiger partial charge is 1.00 e. The molecule has 1 unspecified atom stereocenters. The van der Waals surface area contributed by atoms with E-state index in [0.717, 1.165) is 24.2 Å². The minimum Gasteiger partial charge on any atom is -1.00 e. The molecule has 1 heterocycles. The second-order valence-corrected chi connectivity index (χ2v) is 4.06. The third-order valence-electron chi connectivity index (χ3n) is 1.37. The Kier molecular flexibility index (Phi) is 9.62. The van der Waals surface area contributed by atoms with Crippen molar-refractivity contribution < 1.29 is 26.4 Å². The quantitative estimate of drug-likeness (QED) is 0.321. The van der Waals surface area contributed by atoms with E-state index in [0.29, 0.717) is 0 Å². The van der Waals surface area contributed by atoms with Gasteiger partial charge in [-0.05, 0) is 6.92 Å². The lowest BCUT2D eigenvalue weighted by molar-refractivity contribution is -0.870. The first kappa shape index (κ1) is 16.3. The highest BCUT2D eigenvalue weighted by Crippen LogP contribution is 2.09. The smallest absolute Gasteiger partial charge is 0.181 e. The van der Waals surface area contributed by atoms with E-state index in [1.54, 1.807) is 6.08 Å². The second kappa shape index (κ2) is 8.24. The Labute approximate surface area is 93.7 Å². The van der Waals surface area contributed by atoms with Gasteiger partial charge < -0.3 is 26.4 Å². The number of halogens is 1. The number of likely N-dealkylation sites (N-methyl/N-ethyl adjacent to an activating group) is 1. The molecule has 0 radical (unpaired) electrons. The van der Waals surface area contributed by atoms with Crippen molar-refractivity contribution in [3.63, 3.8) is 0 Å². The molecule has 0 bridgehead atoms. The summed E-state index contributed by atoms with van der Waals surface area (Å²) in [5.74, 6) is 0. The summed E-state index contributed by atoms with van der Waals surface area (Å²) in [5.41, 5.74) is 0. The number of ether oxygens (including phenoxy) is 2. The maximum Gasteiger partial charge on any atom is 0.181 e. The number of epoxide rings is 1. The van der Waals surface area contributed by atoms with Crippen molar-refractivity contribution in [1.29, 1.82) is 0 Å². The molecule has 0 saturated carbocycles. The van der Waals surface area contributed by atoms with Gasteiger partial charge in [-0.25, -0.2) is 0 Å². The first-order valence-electron chi connectivity index (χ1n) is 4.60. The summed E-state index contributed by atoms with van der Waals surface area (Å²) in [6, 6.07) is 0. The van der Waals surface area contributed by atoms with Crippen LogP contribution in [0.3, 0.4) is 0 Å². The molecular formula is C10H22ClNO2. The SMILES string of the molecule is C=CC.C[N+](C)(C)CCOC1CO1.[Cl-]. The number of hydrogen-bond donors (Lipinski definition) is 0. The van der Waals surface area contributed by atoms with E-state index < -0.39 is 0 Å². The topological polar surface area (TPSA) is 21.8 Å². The number of rotatable bonds is 4. The summed E-state index contributed by atoms with van der Waals surface area (Å²) in [6.45, 7) is 7.88. The normalized spacial score (nSPS) is 18.7. The average Bonchev–Trinajstić information content (AvgIpc) is 2.70. The van der Waals surface area contributed by atoms with Gasteiger partial charge in [0.1, 0.15) is 13.2 Å². The molecule has 0 aliphatic carbocycles. The van der Waals surface area contributed by atoms with E-state index >= 15 is 0 Å². The van der Waals surface area contributed by atoms with Gasteiger partial charge in [0, 0.05) is 0 Å². The first-order chi connectivity index (χ1) is 5.99. The molecule has 0 amide bonds. The average molecular weight is 224 g/mol. The number of quaternary nitrogens is 1. The van der Waals surface area contributed by atoms with E-state index in [9.17, 15) is 0 Å². The fourth-order valence-corrected chi connectivity index (χ4v) is 0.594. The van der Waals surface area contributed by atoms with Crippen LogP contribution < -0.4 is 12.4 Å². The van der Waals surface area contributed by atoms with Gasteiger partial charge in [0.15, 0.2) is 6.29 Å². The standard InChI is InChI=1S/C7H16NO2.C3H6.ClH/c1-8(2,3)4-5-9-7-6-10-7;1-3-2;/h7H,4-6H2,1-3H3;3H,1H2,2H3;1H/q+1;;/p-1. The molecule has 1 aliphatic rings. The minimum atomic E-state index is 0. The summed E-state index contributed by atoms with van der Waals surface area (Å²) in [6.07, 6.45) is 1.87. The maximum atomic E-state index is 5.29. The monoisotopic (exact) mass is 223 g/mol. The van der Waals surface area contributed by atoms with E-state index in [1.165, 1.54) is 0 Å². The van der Waals surface area contributed by atoms with Gasteiger partial charge in [-0.2, -0.15) is 0 Å². The molecule has 3 nitrogen and oxygen atoms in total. The molecule has 0 aromatic heterocycles. The molecule has 0 aromatic carbocycles. The summed E-state index contributed by atoms with van der Waals surface area (Å²) >= 11 is 0. The van der Waals surface area contributed by atoms with Crippen LogP contribution in [0.25, 0.3) is 0 Å². The summed E-state index contributed by atoms with van der Waals surface area (Å²) in [4.78, 5) is 0. The summed E-state index contributed by atoms with van der Waals surface area (Å²) < 4.78 is 11.1. The Hall–Kier alpha value is -0.0900. The van der Waals surface area contributed by atoms with Gasteiger partial charge >= 0.3 is 0 Å². The number of hydrogen-bond acceptors (Lipinski definition) is 2. The predicted octanol–water partition coefficient (Wildman–Crippen LogP) is -1.74. The lowest BCUT2D eigenvalue weighted by atomic mass is 10.5. The van der Waals surface area contributed by atoms with Crippen LogP contribution in [0.15, 0.2) is 12.7 Å². The molecule has 0 aromatic rings. The Bertz CT molecular complexity index is 142. The Morgan fingerprint density at radius 3 is 2.21 bits per heavy atom. The van der Waals surface area contributed by atoms with Gasteiger partial charge in [0.2, 0.25) is 0 Å². The fraction of sp³-hybridized carbons (Fsp3) is 0.800. The van der Waals surface area contributed by atoms with Crippen LogP contribution >= 0.6 is 0 Å². The molecule has 1 saturated heterocycles. The Balaban J connectivity index is 0. The maximum absolute atomic E-state index is 5.29. The van der Waals surface area contributed by atoms with Crippen LogP contribution in [0.2, 0.25) is 0 Å². The predicted molar refractivity (Wildman–Crippen MR) is 54.5 cm³/mol. The van der Waals surface area contributed by atoms with E-state index in [4.69, 9.17) is 9.47 Å². The second-order valence-electron chi connectivity index (χ2n) is 4.06. The van der Waals surface area contributed by atoms with Crippen molar-refractivity contribution in [2.24, 2.45) is 0 Å². The van der Waals surface area contributed by atoms with Crippen molar-refractivity contribution in [3.05, 3.63) is 12.7 Å². The molecule has 1 atom stereocenters. The highest BCUT2D eigenvalue weighted by molar-refractivity contribution is 4.54. The molecule has 86 valence electrons. The first-order valence-corrected chi connectivity index (χ1v) is 4.60. The van der Waals surface area contributed by atoms with Gasteiger partial charge in [-0.15, -0.1) is 6.58 Å². The van der Waals surface area contributed by atoms with Crippen molar-refractivity contribution in [2.75, 3.05) is 40.9 Å². The molecule has 14 heavy (non-hydrogen) atoms. The fourth-order valence-electron chi connectivity index (χ4n) is 0.594. The van der Waals surface area contributed by atoms with E-state index in [2.05, 4.69) is 27.7 Å². The van der Waals surface area contributed by atoms with Gasteiger partial charge in [-0.3, -0.25) is 0 Å². The van der Waals surface area contributed by atoms with Gasteiger partial charge in [0.25, 0.3) is 0 Å². The Morgan fingerprint density at radius 1 is 1.50 bits per heavy atom. The lowest BCUT2D eigenvalue weighted by Crippen LogP contribution is -3.00. The van der Waals surface area contributed by atoms with Crippen molar-refractivity contribution >= 4 is 0 Å². The molecule has 0 spiro atoms. The van der Waals surface area contributed by atoms with Gasteiger partial charge in [-0.1, -0.05) is 6.08 Å². The molecule has 1 fully saturated rings. The number of nitrogens with zero attached hydrogens (tertiary/aromatic N) is 1. The van der Waals surface area contributed by atoms with Gasteiger partial charge in [0.05, 0.1) is 27.7 Å².